The molecule has 1 fully saturated rings. The van der Waals surface area contributed by atoms with Gasteiger partial charge in [0.1, 0.15) is 4.34 Å². The second-order valence-electron chi connectivity index (χ2n) is 4.75. The third-order valence-electron chi connectivity index (χ3n) is 3.46. The van der Waals surface area contributed by atoms with E-state index in [1.165, 1.54) is 37.0 Å². The van der Waals surface area contributed by atoms with Gasteiger partial charge in [-0.3, -0.25) is 0 Å². The first-order valence-electron chi connectivity index (χ1n) is 6.40. The standard InChI is InChI=1S/C13H19BrClNS/c1-2-7-16-12(9-5-3-4-6-9)11-8-10(14)13(15)17-11/h8-9,12,16H,2-7H2,1H3. The molecule has 0 aliphatic heterocycles. The van der Waals surface area contributed by atoms with Crippen molar-refractivity contribution in [2.45, 2.75) is 45.1 Å². The van der Waals surface area contributed by atoms with E-state index in [-0.39, 0.29) is 0 Å². The molecule has 0 amide bonds. The summed E-state index contributed by atoms with van der Waals surface area (Å²) < 4.78 is 1.92. The van der Waals surface area contributed by atoms with Crippen molar-refractivity contribution in [3.63, 3.8) is 0 Å². The van der Waals surface area contributed by atoms with Crippen LogP contribution >= 0.6 is 38.9 Å². The molecule has 96 valence electrons. The van der Waals surface area contributed by atoms with Gasteiger partial charge in [-0.15, -0.1) is 11.3 Å². The SMILES string of the molecule is CCCNC(c1cc(Br)c(Cl)s1)C1CCCC1. The summed E-state index contributed by atoms with van der Waals surface area (Å²) in [6, 6.07) is 2.70. The molecule has 1 heterocycles. The van der Waals surface area contributed by atoms with Gasteiger partial charge < -0.3 is 5.32 Å². The minimum absolute atomic E-state index is 0.506. The summed E-state index contributed by atoms with van der Waals surface area (Å²) in [6.07, 6.45) is 6.66. The molecule has 1 saturated carbocycles. The summed E-state index contributed by atoms with van der Waals surface area (Å²) in [4.78, 5) is 1.39. The Morgan fingerprint density at radius 1 is 1.53 bits per heavy atom. The Hall–Kier alpha value is 0.430. The van der Waals surface area contributed by atoms with E-state index in [1.807, 2.05) is 0 Å². The highest BCUT2D eigenvalue weighted by molar-refractivity contribution is 9.10. The summed E-state index contributed by atoms with van der Waals surface area (Å²) in [7, 11) is 0. The normalized spacial score (nSPS) is 18.8. The highest BCUT2D eigenvalue weighted by Crippen LogP contribution is 2.42. The highest BCUT2D eigenvalue weighted by atomic mass is 79.9. The zero-order chi connectivity index (χ0) is 12.3. The smallest absolute Gasteiger partial charge is 0.107 e. The fourth-order valence-corrected chi connectivity index (χ4v) is 4.51. The van der Waals surface area contributed by atoms with Gasteiger partial charge in [-0.05, 0) is 53.7 Å². The summed E-state index contributed by atoms with van der Waals surface area (Å²) in [5, 5.41) is 3.70. The molecule has 1 aromatic rings. The lowest BCUT2D eigenvalue weighted by atomic mass is 9.96. The molecule has 1 aromatic heterocycles. The second kappa shape index (κ2) is 6.55. The van der Waals surface area contributed by atoms with E-state index in [0.29, 0.717) is 6.04 Å². The van der Waals surface area contributed by atoms with Gasteiger partial charge in [0.05, 0.1) is 0 Å². The number of rotatable bonds is 5. The van der Waals surface area contributed by atoms with Crippen molar-refractivity contribution >= 4 is 38.9 Å². The first kappa shape index (κ1) is 13.9. The molecule has 1 nitrogen and oxygen atoms in total. The number of halogens is 2. The van der Waals surface area contributed by atoms with Crippen LogP contribution in [0.2, 0.25) is 4.34 Å². The third kappa shape index (κ3) is 3.46. The van der Waals surface area contributed by atoms with Crippen LogP contribution in [0.5, 0.6) is 0 Å². The van der Waals surface area contributed by atoms with Gasteiger partial charge in [0.2, 0.25) is 0 Å². The molecule has 0 bridgehead atoms. The molecular formula is C13H19BrClNS. The zero-order valence-corrected chi connectivity index (χ0v) is 13.3. The summed E-state index contributed by atoms with van der Waals surface area (Å²) >= 11 is 11.4. The van der Waals surface area contributed by atoms with E-state index in [0.717, 1.165) is 21.3 Å². The van der Waals surface area contributed by atoms with E-state index >= 15 is 0 Å². The minimum Gasteiger partial charge on any atom is -0.309 e. The van der Waals surface area contributed by atoms with Crippen LogP contribution in [0.1, 0.15) is 49.9 Å². The van der Waals surface area contributed by atoms with Gasteiger partial charge in [0.15, 0.2) is 0 Å². The molecule has 17 heavy (non-hydrogen) atoms. The van der Waals surface area contributed by atoms with Crippen LogP contribution in [0.3, 0.4) is 0 Å². The van der Waals surface area contributed by atoms with Crippen LogP contribution in [0.25, 0.3) is 0 Å². The van der Waals surface area contributed by atoms with Crippen molar-refractivity contribution in [2.24, 2.45) is 5.92 Å². The lowest BCUT2D eigenvalue weighted by Crippen LogP contribution is -2.27. The van der Waals surface area contributed by atoms with Crippen LogP contribution < -0.4 is 5.32 Å². The molecule has 1 atom stereocenters. The van der Waals surface area contributed by atoms with Gasteiger partial charge in [-0.25, -0.2) is 0 Å². The van der Waals surface area contributed by atoms with E-state index in [9.17, 15) is 0 Å². The van der Waals surface area contributed by atoms with Crippen molar-refractivity contribution in [1.29, 1.82) is 0 Å². The molecule has 0 spiro atoms. The maximum atomic E-state index is 6.16. The van der Waals surface area contributed by atoms with Crippen molar-refractivity contribution in [2.75, 3.05) is 6.54 Å². The van der Waals surface area contributed by atoms with E-state index < -0.39 is 0 Å². The van der Waals surface area contributed by atoms with Crippen molar-refractivity contribution in [3.8, 4) is 0 Å². The second-order valence-corrected chi connectivity index (χ2v) is 7.29. The van der Waals surface area contributed by atoms with Crippen LogP contribution in [0.15, 0.2) is 10.5 Å². The van der Waals surface area contributed by atoms with Crippen LogP contribution in [0.4, 0.5) is 0 Å². The van der Waals surface area contributed by atoms with Gasteiger partial charge in [-0.2, -0.15) is 0 Å². The Morgan fingerprint density at radius 3 is 2.76 bits per heavy atom. The lowest BCUT2D eigenvalue weighted by Gasteiger charge is -2.23. The molecule has 0 saturated heterocycles. The Morgan fingerprint density at radius 2 is 2.24 bits per heavy atom. The first-order valence-corrected chi connectivity index (χ1v) is 8.39. The van der Waals surface area contributed by atoms with Crippen molar-refractivity contribution in [1.82, 2.24) is 5.32 Å². The number of hydrogen-bond donors (Lipinski definition) is 1. The maximum Gasteiger partial charge on any atom is 0.107 e. The van der Waals surface area contributed by atoms with Gasteiger partial charge in [0.25, 0.3) is 0 Å². The number of nitrogens with one attached hydrogen (secondary N) is 1. The van der Waals surface area contributed by atoms with E-state index in [1.54, 1.807) is 11.3 Å². The average molecular weight is 337 g/mol. The molecule has 1 aliphatic rings. The van der Waals surface area contributed by atoms with Crippen LogP contribution in [0, 0.1) is 5.92 Å². The highest BCUT2D eigenvalue weighted by Gasteiger charge is 2.27. The Bertz CT molecular complexity index is 341. The van der Waals surface area contributed by atoms with Crippen molar-refractivity contribution in [3.05, 3.63) is 19.8 Å². The lowest BCUT2D eigenvalue weighted by molar-refractivity contribution is 0.373. The minimum atomic E-state index is 0.506. The molecule has 4 heteroatoms. The Labute approximate surface area is 121 Å². The molecular weight excluding hydrogens is 318 g/mol. The zero-order valence-electron chi connectivity index (χ0n) is 10.1. The quantitative estimate of drug-likeness (QED) is 0.759. The third-order valence-corrected chi connectivity index (χ3v) is 6.01. The van der Waals surface area contributed by atoms with E-state index in [2.05, 4.69) is 34.2 Å². The Kier molecular flexibility index (Phi) is 5.34. The molecule has 0 aromatic carbocycles. The van der Waals surface area contributed by atoms with Crippen LogP contribution in [-0.2, 0) is 0 Å². The molecule has 1 N–H and O–H groups in total. The van der Waals surface area contributed by atoms with Gasteiger partial charge in [-0.1, -0.05) is 31.4 Å². The number of hydrogen-bond acceptors (Lipinski definition) is 2. The largest absolute Gasteiger partial charge is 0.309 e. The first-order chi connectivity index (χ1) is 8.22. The van der Waals surface area contributed by atoms with Gasteiger partial charge >= 0.3 is 0 Å². The fraction of sp³-hybridized carbons (Fsp3) is 0.692. The monoisotopic (exact) mass is 335 g/mol. The summed E-state index contributed by atoms with van der Waals surface area (Å²) in [5.41, 5.74) is 0. The summed E-state index contributed by atoms with van der Waals surface area (Å²) in [5.74, 6) is 0.795. The predicted molar refractivity (Wildman–Crippen MR) is 80.0 cm³/mol. The fourth-order valence-electron chi connectivity index (χ4n) is 2.61. The average Bonchev–Trinajstić information content (AvgIpc) is 2.92. The number of thiophene rings is 1. The van der Waals surface area contributed by atoms with Crippen LogP contribution in [-0.4, -0.2) is 6.54 Å². The van der Waals surface area contributed by atoms with E-state index in [4.69, 9.17) is 11.6 Å². The Balaban J connectivity index is 2.13. The summed E-state index contributed by atoms with van der Waals surface area (Å²) in [6.45, 7) is 3.31. The molecule has 1 unspecified atom stereocenters. The molecule has 0 radical (unpaired) electrons. The van der Waals surface area contributed by atoms with Gasteiger partial charge in [0, 0.05) is 15.4 Å². The predicted octanol–water partition coefficient (Wildman–Crippen LogP) is 5.39. The molecule has 2 rings (SSSR count). The molecule has 1 aliphatic carbocycles. The maximum absolute atomic E-state index is 6.16. The topological polar surface area (TPSA) is 12.0 Å². The van der Waals surface area contributed by atoms with Crippen molar-refractivity contribution < 1.29 is 0 Å².